The van der Waals surface area contributed by atoms with Gasteiger partial charge in [-0.15, -0.1) is 0 Å². The first-order chi connectivity index (χ1) is 10.1. The second kappa shape index (κ2) is 8.50. The Hall–Kier alpha value is -0.120. The molecule has 3 nitrogen and oxygen atoms in total. The third kappa shape index (κ3) is 4.94. The van der Waals surface area contributed by atoms with E-state index in [-0.39, 0.29) is 0 Å². The summed E-state index contributed by atoms with van der Waals surface area (Å²) >= 11 is 0. The van der Waals surface area contributed by atoms with Crippen LogP contribution in [-0.2, 0) is 0 Å². The van der Waals surface area contributed by atoms with Crippen LogP contribution in [0.25, 0.3) is 0 Å². The van der Waals surface area contributed by atoms with Crippen LogP contribution in [0.3, 0.4) is 0 Å². The van der Waals surface area contributed by atoms with Gasteiger partial charge in [-0.25, -0.2) is 0 Å². The van der Waals surface area contributed by atoms with Gasteiger partial charge in [0.15, 0.2) is 0 Å². The zero-order valence-corrected chi connectivity index (χ0v) is 14.8. The highest BCUT2D eigenvalue weighted by Gasteiger charge is 2.31. The molecule has 0 bridgehead atoms. The number of nitrogens with one attached hydrogen (secondary N) is 1. The van der Waals surface area contributed by atoms with Crippen molar-refractivity contribution in [1.29, 1.82) is 0 Å². The normalized spacial score (nSPS) is 32.7. The third-order valence-corrected chi connectivity index (χ3v) is 5.76. The Morgan fingerprint density at radius 2 is 1.76 bits per heavy atom. The van der Waals surface area contributed by atoms with Crippen molar-refractivity contribution in [2.75, 3.05) is 39.3 Å². The van der Waals surface area contributed by atoms with Gasteiger partial charge in [-0.3, -0.25) is 4.90 Å². The first-order valence-corrected chi connectivity index (χ1v) is 9.33. The fraction of sp³-hybridized carbons (Fsp3) is 1.00. The predicted molar refractivity (Wildman–Crippen MR) is 91.7 cm³/mol. The summed E-state index contributed by atoms with van der Waals surface area (Å²) in [7, 11) is 0. The number of piperazine rings is 1. The second-order valence-electron chi connectivity index (χ2n) is 7.44. The summed E-state index contributed by atoms with van der Waals surface area (Å²) in [5.41, 5.74) is 0. The van der Waals surface area contributed by atoms with Crippen molar-refractivity contribution in [3.05, 3.63) is 0 Å². The fourth-order valence-corrected chi connectivity index (χ4v) is 4.26. The van der Waals surface area contributed by atoms with Gasteiger partial charge in [0.2, 0.25) is 0 Å². The maximum Gasteiger partial charge on any atom is 0.0113 e. The minimum Gasteiger partial charge on any atom is -0.314 e. The van der Waals surface area contributed by atoms with Gasteiger partial charge >= 0.3 is 0 Å². The zero-order chi connectivity index (χ0) is 15.2. The van der Waals surface area contributed by atoms with Crippen LogP contribution in [0.5, 0.6) is 0 Å². The van der Waals surface area contributed by atoms with Gasteiger partial charge in [-0.2, -0.15) is 0 Å². The van der Waals surface area contributed by atoms with Crippen LogP contribution in [0.1, 0.15) is 53.4 Å². The van der Waals surface area contributed by atoms with Crippen molar-refractivity contribution in [3.8, 4) is 0 Å². The van der Waals surface area contributed by atoms with Crippen LogP contribution < -0.4 is 5.32 Å². The monoisotopic (exact) mass is 295 g/mol. The van der Waals surface area contributed by atoms with E-state index in [1.54, 1.807) is 0 Å². The molecule has 0 radical (unpaired) electrons. The molecule has 1 N–H and O–H groups in total. The average Bonchev–Trinajstić information content (AvgIpc) is 2.49. The van der Waals surface area contributed by atoms with E-state index < -0.39 is 0 Å². The lowest BCUT2D eigenvalue weighted by molar-refractivity contribution is 0.0753. The van der Waals surface area contributed by atoms with Gasteiger partial charge in [0.05, 0.1) is 0 Å². The molecule has 1 heterocycles. The molecular weight excluding hydrogens is 258 g/mol. The van der Waals surface area contributed by atoms with Gasteiger partial charge in [-0.1, -0.05) is 20.3 Å². The average molecular weight is 296 g/mol. The van der Waals surface area contributed by atoms with Crippen LogP contribution in [-0.4, -0.2) is 61.2 Å². The molecule has 0 amide bonds. The molecule has 21 heavy (non-hydrogen) atoms. The standard InChI is InChI=1S/C18H37N3/c1-5-16-7-8-18(19-6-2)17(13-16)14-20-9-11-21(12-10-20)15(3)4/h15-19H,5-14H2,1-4H3. The van der Waals surface area contributed by atoms with Crippen LogP contribution in [0, 0.1) is 11.8 Å². The molecule has 1 aliphatic heterocycles. The lowest BCUT2D eigenvalue weighted by atomic mass is 9.76. The molecule has 0 aromatic carbocycles. The molecule has 1 saturated carbocycles. The van der Waals surface area contributed by atoms with Gasteiger partial charge in [0, 0.05) is 44.8 Å². The Kier molecular flexibility index (Phi) is 6.97. The summed E-state index contributed by atoms with van der Waals surface area (Å²) < 4.78 is 0. The predicted octanol–water partition coefficient (Wildman–Crippen LogP) is 2.82. The molecule has 3 heteroatoms. The largest absolute Gasteiger partial charge is 0.314 e. The number of nitrogens with zero attached hydrogens (tertiary/aromatic N) is 2. The smallest absolute Gasteiger partial charge is 0.0113 e. The SMILES string of the molecule is CCNC1CCC(CC)CC1CN1CCN(C(C)C)CC1. The highest BCUT2D eigenvalue weighted by atomic mass is 15.3. The minimum atomic E-state index is 0.709. The topological polar surface area (TPSA) is 18.5 Å². The Labute approximate surface area is 132 Å². The molecule has 124 valence electrons. The highest BCUT2D eigenvalue weighted by molar-refractivity contribution is 4.87. The molecule has 3 unspecified atom stereocenters. The van der Waals surface area contributed by atoms with Crippen molar-refractivity contribution in [2.24, 2.45) is 11.8 Å². The molecule has 2 rings (SSSR count). The quantitative estimate of drug-likeness (QED) is 0.813. The molecule has 3 atom stereocenters. The Morgan fingerprint density at radius 1 is 1.05 bits per heavy atom. The van der Waals surface area contributed by atoms with Gasteiger partial charge in [-0.05, 0) is 51.5 Å². The third-order valence-electron chi connectivity index (χ3n) is 5.76. The number of rotatable bonds is 6. The molecule has 0 spiro atoms. The van der Waals surface area contributed by atoms with Gasteiger partial charge < -0.3 is 10.2 Å². The van der Waals surface area contributed by atoms with Crippen molar-refractivity contribution in [1.82, 2.24) is 15.1 Å². The van der Waals surface area contributed by atoms with E-state index >= 15 is 0 Å². The van der Waals surface area contributed by atoms with Crippen molar-refractivity contribution < 1.29 is 0 Å². The zero-order valence-electron chi connectivity index (χ0n) is 14.8. The lowest BCUT2D eigenvalue weighted by Crippen LogP contribution is -2.52. The summed E-state index contributed by atoms with van der Waals surface area (Å²) in [4.78, 5) is 5.35. The molecule has 0 aromatic rings. The van der Waals surface area contributed by atoms with E-state index in [0.717, 1.165) is 24.4 Å². The first-order valence-electron chi connectivity index (χ1n) is 9.33. The molecule has 1 saturated heterocycles. The highest BCUT2D eigenvalue weighted by Crippen LogP contribution is 2.32. The van der Waals surface area contributed by atoms with E-state index in [0.29, 0.717) is 6.04 Å². The summed E-state index contributed by atoms with van der Waals surface area (Å²) in [6.45, 7) is 16.8. The Balaban J connectivity index is 1.83. The van der Waals surface area contributed by atoms with E-state index in [9.17, 15) is 0 Å². The van der Waals surface area contributed by atoms with Crippen LogP contribution >= 0.6 is 0 Å². The summed E-state index contributed by atoms with van der Waals surface area (Å²) in [6.07, 6.45) is 5.64. The van der Waals surface area contributed by atoms with Crippen LogP contribution in [0.2, 0.25) is 0 Å². The van der Waals surface area contributed by atoms with Crippen molar-refractivity contribution >= 4 is 0 Å². The Morgan fingerprint density at radius 3 is 2.33 bits per heavy atom. The second-order valence-corrected chi connectivity index (χ2v) is 7.44. The number of hydrogen-bond donors (Lipinski definition) is 1. The fourth-order valence-electron chi connectivity index (χ4n) is 4.26. The molecule has 0 aromatic heterocycles. The lowest BCUT2D eigenvalue weighted by Gasteiger charge is -2.42. The first kappa shape index (κ1) is 17.2. The van der Waals surface area contributed by atoms with Gasteiger partial charge in [0.25, 0.3) is 0 Å². The van der Waals surface area contributed by atoms with Crippen LogP contribution in [0.4, 0.5) is 0 Å². The minimum absolute atomic E-state index is 0.709. The van der Waals surface area contributed by atoms with Crippen LogP contribution in [0.15, 0.2) is 0 Å². The van der Waals surface area contributed by atoms with E-state index in [2.05, 4.69) is 42.8 Å². The Bertz CT molecular complexity index is 284. The summed E-state index contributed by atoms with van der Waals surface area (Å²) in [5.74, 6) is 1.84. The summed E-state index contributed by atoms with van der Waals surface area (Å²) in [5, 5.41) is 3.76. The van der Waals surface area contributed by atoms with E-state index in [4.69, 9.17) is 0 Å². The molecule has 2 aliphatic rings. The maximum atomic E-state index is 3.76. The van der Waals surface area contributed by atoms with Crippen molar-refractivity contribution in [2.45, 2.75) is 65.5 Å². The van der Waals surface area contributed by atoms with Crippen molar-refractivity contribution in [3.63, 3.8) is 0 Å². The maximum absolute atomic E-state index is 3.76. The van der Waals surface area contributed by atoms with Gasteiger partial charge in [0.1, 0.15) is 0 Å². The number of hydrogen-bond acceptors (Lipinski definition) is 3. The summed E-state index contributed by atoms with van der Waals surface area (Å²) in [6, 6.07) is 1.47. The van der Waals surface area contributed by atoms with E-state index in [1.165, 1.54) is 58.4 Å². The van der Waals surface area contributed by atoms with E-state index in [1.807, 2.05) is 0 Å². The molecule has 1 aliphatic carbocycles. The molecular formula is C18H37N3. The molecule has 2 fully saturated rings.